The van der Waals surface area contributed by atoms with Gasteiger partial charge in [0.1, 0.15) is 5.75 Å². The van der Waals surface area contributed by atoms with Gasteiger partial charge < -0.3 is 4.74 Å². The molecule has 0 saturated carbocycles. The summed E-state index contributed by atoms with van der Waals surface area (Å²) >= 11 is 0. The van der Waals surface area contributed by atoms with Gasteiger partial charge in [-0.2, -0.15) is 0 Å². The first kappa shape index (κ1) is 14.1. The van der Waals surface area contributed by atoms with Crippen LogP contribution in [0.5, 0.6) is 5.75 Å². The summed E-state index contributed by atoms with van der Waals surface area (Å²) in [6.07, 6.45) is 6.07. The Balaban J connectivity index is 2.47. The molecule has 0 heterocycles. The molecule has 0 spiro atoms. The van der Waals surface area contributed by atoms with Gasteiger partial charge in [-0.3, -0.25) is 0 Å². The molecule has 1 heteroatoms. The highest BCUT2D eigenvalue weighted by Gasteiger charge is 2.04. The van der Waals surface area contributed by atoms with E-state index in [9.17, 15) is 0 Å². The van der Waals surface area contributed by atoms with E-state index in [0.717, 1.165) is 12.4 Å². The maximum Gasteiger partial charge on any atom is 0.119 e. The molecule has 1 rings (SSSR count). The van der Waals surface area contributed by atoms with Crippen LogP contribution in [0.2, 0.25) is 0 Å². The van der Waals surface area contributed by atoms with E-state index in [2.05, 4.69) is 45.0 Å². The molecule has 0 aliphatic rings. The molecular weight excluding hydrogens is 208 g/mol. The highest BCUT2D eigenvalue weighted by Crippen LogP contribution is 2.17. The molecule has 1 aromatic carbocycles. The second kappa shape index (κ2) is 8.16. The zero-order valence-corrected chi connectivity index (χ0v) is 11.5. The molecule has 0 aliphatic carbocycles. The average Bonchev–Trinajstić information content (AvgIpc) is 2.38. The Morgan fingerprint density at radius 2 is 1.88 bits per heavy atom. The highest BCUT2D eigenvalue weighted by atomic mass is 16.5. The van der Waals surface area contributed by atoms with Crippen molar-refractivity contribution in [2.75, 3.05) is 6.61 Å². The van der Waals surface area contributed by atoms with Crippen molar-refractivity contribution in [3.63, 3.8) is 0 Å². The first-order valence-electron chi connectivity index (χ1n) is 7.01. The van der Waals surface area contributed by atoms with E-state index in [0.29, 0.717) is 5.92 Å². The molecule has 0 saturated heterocycles. The summed E-state index contributed by atoms with van der Waals surface area (Å²) < 4.78 is 5.87. The lowest BCUT2D eigenvalue weighted by atomic mass is 10.1. The number of rotatable bonds is 8. The number of ether oxygens (including phenoxy) is 1. The quantitative estimate of drug-likeness (QED) is 0.625. The van der Waals surface area contributed by atoms with Crippen LogP contribution in [0.25, 0.3) is 0 Å². The standard InChI is InChI=1S/C16H26O/c1-4-7-9-15-10-8-11-16(12-15)17-13-14(5-2)6-3/h8,10-12,14H,4-7,9,13H2,1-3H3. The minimum Gasteiger partial charge on any atom is -0.493 e. The Labute approximate surface area is 106 Å². The van der Waals surface area contributed by atoms with E-state index in [1.54, 1.807) is 0 Å². The van der Waals surface area contributed by atoms with Gasteiger partial charge in [0.15, 0.2) is 0 Å². The fourth-order valence-electron chi connectivity index (χ4n) is 1.91. The van der Waals surface area contributed by atoms with Gasteiger partial charge in [0.05, 0.1) is 6.61 Å². The number of benzene rings is 1. The molecule has 1 aromatic rings. The lowest BCUT2D eigenvalue weighted by molar-refractivity contribution is 0.240. The number of hydrogen-bond acceptors (Lipinski definition) is 1. The molecule has 17 heavy (non-hydrogen) atoms. The van der Waals surface area contributed by atoms with Crippen LogP contribution in [0.15, 0.2) is 24.3 Å². The maximum atomic E-state index is 5.87. The molecular formula is C16H26O. The summed E-state index contributed by atoms with van der Waals surface area (Å²) in [6, 6.07) is 8.56. The van der Waals surface area contributed by atoms with E-state index in [1.807, 2.05) is 0 Å². The van der Waals surface area contributed by atoms with Crippen LogP contribution in [0, 0.1) is 5.92 Å². The van der Waals surface area contributed by atoms with Crippen molar-refractivity contribution >= 4 is 0 Å². The van der Waals surface area contributed by atoms with Crippen molar-refractivity contribution in [2.24, 2.45) is 5.92 Å². The Hall–Kier alpha value is -0.980. The number of hydrogen-bond donors (Lipinski definition) is 0. The topological polar surface area (TPSA) is 9.23 Å². The lowest BCUT2D eigenvalue weighted by Gasteiger charge is -2.14. The predicted octanol–water partition coefficient (Wildman–Crippen LogP) is 4.84. The molecule has 0 bridgehead atoms. The number of unbranched alkanes of at least 4 members (excludes halogenated alkanes) is 1. The second-order valence-corrected chi connectivity index (χ2v) is 4.74. The molecule has 96 valence electrons. The smallest absolute Gasteiger partial charge is 0.119 e. The van der Waals surface area contributed by atoms with Crippen LogP contribution in [-0.2, 0) is 6.42 Å². The van der Waals surface area contributed by atoms with E-state index in [1.165, 1.54) is 37.7 Å². The average molecular weight is 234 g/mol. The van der Waals surface area contributed by atoms with Crippen molar-refractivity contribution in [3.05, 3.63) is 29.8 Å². The molecule has 0 aromatic heterocycles. The maximum absolute atomic E-state index is 5.87. The minimum absolute atomic E-state index is 0.689. The third kappa shape index (κ3) is 5.25. The largest absolute Gasteiger partial charge is 0.493 e. The number of aryl methyl sites for hydroxylation is 1. The van der Waals surface area contributed by atoms with Crippen LogP contribution < -0.4 is 4.74 Å². The van der Waals surface area contributed by atoms with E-state index < -0.39 is 0 Å². The summed E-state index contributed by atoms with van der Waals surface area (Å²) in [6.45, 7) is 7.54. The monoisotopic (exact) mass is 234 g/mol. The summed E-state index contributed by atoms with van der Waals surface area (Å²) in [5.74, 6) is 1.72. The van der Waals surface area contributed by atoms with Crippen LogP contribution in [-0.4, -0.2) is 6.61 Å². The van der Waals surface area contributed by atoms with Crippen molar-refractivity contribution < 1.29 is 4.74 Å². The zero-order chi connectivity index (χ0) is 12.5. The summed E-state index contributed by atoms with van der Waals surface area (Å²) in [5.41, 5.74) is 1.40. The lowest BCUT2D eigenvalue weighted by Crippen LogP contribution is -2.10. The first-order valence-corrected chi connectivity index (χ1v) is 7.01. The Morgan fingerprint density at radius 3 is 2.53 bits per heavy atom. The van der Waals surface area contributed by atoms with Gasteiger partial charge in [0, 0.05) is 0 Å². The third-order valence-electron chi connectivity index (χ3n) is 3.36. The fraction of sp³-hybridized carbons (Fsp3) is 0.625. The van der Waals surface area contributed by atoms with Crippen molar-refractivity contribution in [1.82, 2.24) is 0 Å². The Morgan fingerprint density at radius 1 is 1.12 bits per heavy atom. The molecule has 0 amide bonds. The summed E-state index contributed by atoms with van der Waals surface area (Å²) in [4.78, 5) is 0. The molecule has 0 atom stereocenters. The highest BCUT2D eigenvalue weighted by molar-refractivity contribution is 5.28. The molecule has 0 N–H and O–H groups in total. The molecule has 0 aliphatic heterocycles. The molecule has 0 radical (unpaired) electrons. The van der Waals surface area contributed by atoms with Crippen molar-refractivity contribution in [1.29, 1.82) is 0 Å². The van der Waals surface area contributed by atoms with Gasteiger partial charge in [0.25, 0.3) is 0 Å². The SMILES string of the molecule is CCCCc1cccc(OCC(CC)CC)c1. The normalized spacial score (nSPS) is 10.8. The van der Waals surface area contributed by atoms with Crippen molar-refractivity contribution in [2.45, 2.75) is 52.9 Å². The van der Waals surface area contributed by atoms with Gasteiger partial charge >= 0.3 is 0 Å². The zero-order valence-electron chi connectivity index (χ0n) is 11.5. The first-order chi connectivity index (χ1) is 8.30. The molecule has 1 nitrogen and oxygen atoms in total. The van der Waals surface area contributed by atoms with Crippen LogP contribution in [0.3, 0.4) is 0 Å². The second-order valence-electron chi connectivity index (χ2n) is 4.74. The van der Waals surface area contributed by atoms with E-state index in [4.69, 9.17) is 4.74 Å². The van der Waals surface area contributed by atoms with Gasteiger partial charge in [-0.05, 0) is 36.5 Å². The van der Waals surface area contributed by atoms with E-state index in [-0.39, 0.29) is 0 Å². The van der Waals surface area contributed by atoms with Gasteiger partial charge in [0.2, 0.25) is 0 Å². The van der Waals surface area contributed by atoms with Crippen molar-refractivity contribution in [3.8, 4) is 5.75 Å². The molecule has 0 fully saturated rings. The van der Waals surface area contributed by atoms with Gasteiger partial charge in [-0.15, -0.1) is 0 Å². The molecule has 0 unspecified atom stereocenters. The minimum atomic E-state index is 0.689. The third-order valence-corrected chi connectivity index (χ3v) is 3.36. The Kier molecular flexibility index (Phi) is 6.76. The van der Waals surface area contributed by atoms with Crippen LogP contribution in [0.4, 0.5) is 0 Å². The van der Waals surface area contributed by atoms with Crippen LogP contribution in [0.1, 0.15) is 52.0 Å². The Bertz CT molecular complexity index is 302. The van der Waals surface area contributed by atoms with Gasteiger partial charge in [-0.1, -0.05) is 52.2 Å². The van der Waals surface area contributed by atoms with Gasteiger partial charge in [-0.25, -0.2) is 0 Å². The summed E-state index contributed by atoms with van der Waals surface area (Å²) in [5, 5.41) is 0. The van der Waals surface area contributed by atoms with Crippen LogP contribution >= 0.6 is 0 Å². The fourth-order valence-corrected chi connectivity index (χ4v) is 1.91. The van der Waals surface area contributed by atoms with E-state index >= 15 is 0 Å². The summed E-state index contributed by atoms with van der Waals surface area (Å²) in [7, 11) is 0. The predicted molar refractivity (Wildman–Crippen MR) is 74.6 cm³/mol.